The van der Waals surface area contributed by atoms with Crippen molar-refractivity contribution in [3.05, 3.63) is 63.8 Å². The monoisotopic (exact) mass is 244 g/mol. The van der Waals surface area contributed by atoms with E-state index in [1.54, 1.807) is 12.3 Å². The first-order valence-electron chi connectivity index (χ1n) is 5.84. The van der Waals surface area contributed by atoms with Crippen LogP contribution in [0, 0.1) is 13.8 Å². The molecule has 0 radical (unpaired) electrons. The van der Waals surface area contributed by atoms with E-state index in [0.29, 0.717) is 0 Å². The van der Waals surface area contributed by atoms with E-state index in [1.165, 1.54) is 10.8 Å². The number of hydrogen-bond acceptors (Lipinski definition) is 3. The van der Waals surface area contributed by atoms with Crippen LogP contribution >= 0.6 is 0 Å². The van der Waals surface area contributed by atoms with Gasteiger partial charge in [-0.15, -0.1) is 0 Å². The molecule has 0 amide bonds. The van der Waals surface area contributed by atoms with Crippen LogP contribution in [-0.2, 0) is 6.54 Å². The summed E-state index contributed by atoms with van der Waals surface area (Å²) in [5.41, 5.74) is 2.68. The van der Waals surface area contributed by atoms with Crippen molar-refractivity contribution in [3.8, 4) is 0 Å². The van der Waals surface area contributed by atoms with Crippen molar-refractivity contribution in [3.63, 3.8) is 0 Å². The Labute approximate surface area is 106 Å². The third kappa shape index (κ3) is 2.65. The molecular weight excluding hydrogens is 228 g/mol. The van der Waals surface area contributed by atoms with Crippen molar-refractivity contribution in [2.75, 3.05) is 0 Å². The van der Waals surface area contributed by atoms with Crippen LogP contribution < -0.4 is 5.69 Å². The second-order valence-corrected chi connectivity index (χ2v) is 4.43. The Bertz CT molecular complexity index is 605. The van der Waals surface area contributed by atoms with Crippen molar-refractivity contribution < 1.29 is 5.11 Å². The maximum Gasteiger partial charge on any atom is 0.347 e. The van der Waals surface area contributed by atoms with Gasteiger partial charge in [-0.2, -0.15) is 0 Å². The lowest BCUT2D eigenvalue weighted by Crippen LogP contribution is -2.24. The van der Waals surface area contributed by atoms with Gasteiger partial charge in [0.2, 0.25) is 0 Å². The molecule has 0 bridgehead atoms. The van der Waals surface area contributed by atoms with Crippen LogP contribution in [0.2, 0.25) is 0 Å². The number of aliphatic hydroxyl groups excluding tert-OH is 1. The van der Waals surface area contributed by atoms with Crippen molar-refractivity contribution in [2.45, 2.75) is 26.5 Å². The van der Waals surface area contributed by atoms with Gasteiger partial charge in [-0.05, 0) is 31.0 Å². The third-order valence-corrected chi connectivity index (χ3v) is 2.94. The van der Waals surface area contributed by atoms with Crippen molar-refractivity contribution in [1.29, 1.82) is 0 Å². The zero-order chi connectivity index (χ0) is 13.1. The van der Waals surface area contributed by atoms with E-state index in [9.17, 15) is 9.90 Å². The van der Waals surface area contributed by atoms with Crippen LogP contribution in [-0.4, -0.2) is 14.7 Å². The van der Waals surface area contributed by atoms with E-state index in [0.717, 1.165) is 16.7 Å². The smallest absolute Gasteiger partial charge is 0.347 e. The summed E-state index contributed by atoms with van der Waals surface area (Å²) < 4.78 is 1.41. The fraction of sp³-hybridized carbons (Fsp3) is 0.286. The summed E-state index contributed by atoms with van der Waals surface area (Å²) in [5.74, 6) is 0. The number of benzene rings is 1. The summed E-state index contributed by atoms with van der Waals surface area (Å²) in [4.78, 5) is 15.1. The number of aryl methyl sites for hydroxylation is 2. The second kappa shape index (κ2) is 5.14. The van der Waals surface area contributed by atoms with Gasteiger partial charge in [-0.25, -0.2) is 9.78 Å². The van der Waals surface area contributed by atoms with Crippen LogP contribution in [0.3, 0.4) is 0 Å². The average Bonchev–Trinajstić information content (AvgIpc) is 2.32. The van der Waals surface area contributed by atoms with Gasteiger partial charge in [0.1, 0.15) is 0 Å². The van der Waals surface area contributed by atoms with Crippen molar-refractivity contribution in [2.24, 2.45) is 0 Å². The standard InChI is InChI=1S/C14H16N2O2/c1-10-4-5-12(11(2)8-10)13(17)9-16-7-3-6-15-14(16)18/h3-8,13,17H,9H2,1-2H3. The predicted molar refractivity (Wildman–Crippen MR) is 69.4 cm³/mol. The summed E-state index contributed by atoms with van der Waals surface area (Å²) >= 11 is 0. The number of aromatic nitrogens is 2. The first-order valence-corrected chi connectivity index (χ1v) is 5.84. The molecule has 18 heavy (non-hydrogen) atoms. The van der Waals surface area contributed by atoms with Crippen LogP contribution in [0.4, 0.5) is 0 Å². The molecular formula is C14H16N2O2. The van der Waals surface area contributed by atoms with Gasteiger partial charge >= 0.3 is 5.69 Å². The van der Waals surface area contributed by atoms with E-state index < -0.39 is 6.10 Å². The Hall–Kier alpha value is -1.94. The van der Waals surface area contributed by atoms with Gasteiger partial charge < -0.3 is 5.11 Å². The highest BCUT2D eigenvalue weighted by atomic mass is 16.3. The predicted octanol–water partition coefficient (Wildman–Crippen LogP) is 1.59. The summed E-state index contributed by atoms with van der Waals surface area (Å²) in [6, 6.07) is 7.55. The maximum atomic E-state index is 11.5. The molecule has 2 rings (SSSR count). The lowest BCUT2D eigenvalue weighted by atomic mass is 10.0. The van der Waals surface area contributed by atoms with Gasteiger partial charge in [0.25, 0.3) is 0 Å². The molecule has 1 aromatic heterocycles. The van der Waals surface area contributed by atoms with Crippen molar-refractivity contribution >= 4 is 0 Å². The first-order chi connectivity index (χ1) is 8.58. The number of rotatable bonds is 3. The molecule has 0 aliphatic carbocycles. The molecule has 4 heteroatoms. The second-order valence-electron chi connectivity index (χ2n) is 4.43. The zero-order valence-electron chi connectivity index (χ0n) is 10.5. The lowest BCUT2D eigenvalue weighted by Gasteiger charge is -2.15. The number of hydrogen-bond donors (Lipinski definition) is 1. The third-order valence-electron chi connectivity index (χ3n) is 2.94. The van der Waals surface area contributed by atoms with Gasteiger partial charge in [-0.3, -0.25) is 4.57 Å². The van der Waals surface area contributed by atoms with Crippen molar-refractivity contribution in [1.82, 2.24) is 9.55 Å². The van der Waals surface area contributed by atoms with E-state index in [-0.39, 0.29) is 12.2 Å². The van der Waals surface area contributed by atoms with Crippen LogP contribution in [0.15, 0.2) is 41.5 Å². The van der Waals surface area contributed by atoms with E-state index in [1.807, 2.05) is 32.0 Å². The van der Waals surface area contributed by atoms with Crippen LogP contribution in [0.5, 0.6) is 0 Å². The SMILES string of the molecule is Cc1ccc(C(O)Cn2cccnc2=O)c(C)c1. The van der Waals surface area contributed by atoms with Gasteiger partial charge in [-0.1, -0.05) is 23.8 Å². The molecule has 0 saturated carbocycles. The highest BCUT2D eigenvalue weighted by molar-refractivity contribution is 5.31. The fourth-order valence-corrected chi connectivity index (χ4v) is 2.01. The molecule has 0 aliphatic rings. The molecule has 94 valence electrons. The summed E-state index contributed by atoms with van der Waals surface area (Å²) in [5, 5.41) is 10.2. The highest BCUT2D eigenvalue weighted by Gasteiger charge is 2.11. The topological polar surface area (TPSA) is 55.1 Å². The Morgan fingerprint density at radius 3 is 2.83 bits per heavy atom. The summed E-state index contributed by atoms with van der Waals surface area (Å²) in [7, 11) is 0. The highest BCUT2D eigenvalue weighted by Crippen LogP contribution is 2.19. The summed E-state index contributed by atoms with van der Waals surface area (Å²) in [6.07, 6.45) is 2.37. The Morgan fingerprint density at radius 2 is 2.17 bits per heavy atom. The molecule has 4 nitrogen and oxygen atoms in total. The Kier molecular flexibility index (Phi) is 3.58. The number of aliphatic hydroxyl groups is 1. The van der Waals surface area contributed by atoms with Crippen LogP contribution in [0.1, 0.15) is 22.8 Å². The minimum Gasteiger partial charge on any atom is -0.387 e. The molecule has 0 aliphatic heterocycles. The molecule has 1 heterocycles. The van der Waals surface area contributed by atoms with E-state index in [2.05, 4.69) is 4.98 Å². The molecule has 1 atom stereocenters. The molecule has 1 aromatic carbocycles. The first kappa shape index (κ1) is 12.5. The molecule has 1 unspecified atom stereocenters. The molecule has 1 N–H and O–H groups in total. The fourth-order valence-electron chi connectivity index (χ4n) is 2.01. The normalized spacial score (nSPS) is 12.4. The largest absolute Gasteiger partial charge is 0.387 e. The van der Waals surface area contributed by atoms with Gasteiger partial charge in [0, 0.05) is 12.4 Å². The van der Waals surface area contributed by atoms with Crippen LogP contribution in [0.25, 0.3) is 0 Å². The van der Waals surface area contributed by atoms with E-state index >= 15 is 0 Å². The minimum atomic E-state index is -0.701. The number of nitrogens with zero attached hydrogens (tertiary/aromatic N) is 2. The van der Waals surface area contributed by atoms with Gasteiger partial charge in [0.15, 0.2) is 0 Å². The molecule has 0 fully saturated rings. The Balaban J connectivity index is 2.25. The molecule has 0 spiro atoms. The van der Waals surface area contributed by atoms with E-state index in [4.69, 9.17) is 0 Å². The molecule has 2 aromatic rings. The minimum absolute atomic E-state index is 0.219. The Morgan fingerprint density at radius 1 is 1.39 bits per heavy atom. The quantitative estimate of drug-likeness (QED) is 0.892. The average molecular weight is 244 g/mol. The van der Waals surface area contributed by atoms with Gasteiger partial charge in [0.05, 0.1) is 12.6 Å². The summed E-state index contributed by atoms with van der Waals surface area (Å²) in [6.45, 7) is 4.18. The molecule has 0 saturated heterocycles. The maximum absolute atomic E-state index is 11.5. The lowest BCUT2D eigenvalue weighted by molar-refractivity contribution is 0.154. The zero-order valence-corrected chi connectivity index (χ0v) is 10.5.